The fourth-order valence-corrected chi connectivity index (χ4v) is 1.67. The molecule has 92 valence electrons. The number of thiocarbonyl (C=S) groups is 1. The van der Waals surface area contributed by atoms with E-state index in [4.69, 9.17) is 12.2 Å². The van der Waals surface area contributed by atoms with Crippen molar-refractivity contribution in [3.05, 3.63) is 54.2 Å². The van der Waals surface area contributed by atoms with Gasteiger partial charge >= 0.3 is 0 Å². The second kappa shape index (κ2) is 6.12. The zero-order valence-electron chi connectivity index (χ0n) is 10.2. The summed E-state index contributed by atoms with van der Waals surface area (Å²) in [5, 5.41) is 6.65. The third-order valence-electron chi connectivity index (χ3n) is 2.59. The summed E-state index contributed by atoms with van der Waals surface area (Å²) in [6.07, 6.45) is 1.80. The van der Waals surface area contributed by atoms with Gasteiger partial charge in [-0.2, -0.15) is 0 Å². The maximum Gasteiger partial charge on any atom is 0.166 e. The lowest BCUT2D eigenvalue weighted by Crippen LogP contribution is -2.31. The Kier molecular flexibility index (Phi) is 4.25. The molecule has 3 nitrogen and oxygen atoms in total. The van der Waals surface area contributed by atoms with Crippen LogP contribution >= 0.6 is 12.2 Å². The van der Waals surface area contributed by atoms with E-state index in [9.17, 15) is 0 Å². The summed E-state index contributed by atoms with van der Waals surface area (Å²) in [7, 11) is 1.81. The van der Waals surface area contributed by atoms with Crippen molar-refractivity contribution >= 4 is 17.3 Å². The number of nitrogens with zero attached hydrogens (tertiary/aromatic N) is 1. The van der Waals surface area contributed by atoms with Gasteiger partial charge in [0, 0.05) is 25.4 Å². The minimum Gasteiger partial charge on any atom is -0.366 e. The van der Waals surface area contributed by atoms with Crippen LogP contribution in [-0.4, -0.2) is 17.1 Å². The fraction of sp³-hybridized carbons (Fsp3) is 0.143. The predicted molar refractivity (Wildman–Crippen MR) is 78.2 cm³/mol. The Morgan fingerprint density at radius 2 is 1.94 bits per heavy atom. The smallest absolute Gasteiger partial charge is 0.166 e. The van der Waals surface area contributed by atoms with Crippen LogP contribution < -0.4 is 10.6 Å². The van der Waals surface area contributed by atoms with Crippen molar-refractivity contribution in [1.29, 1.82) is 0 Å². The highest BCUT2D eigenvalue weighted by Gasteiger charge is 1.99. The van der Waals surface area contributed by atoms with E-state index in [0.717, 1.165) is 17.8 Å². The lowest BCUT2D eigenvalue weighted by atomic mass is 10.1. The number of nitrogens with one attached hydrogen (secondary N) is 2. The standard InChI is InChI=1S/C14H15N3S/c1-15-14(18)17-10-11-5-7-12(8-6-11)13-4-2-3-9-16-13/h2-9H,10H2,1H3,(H2,15,17,18). The van der Waals surface area contributed by atoms with E-state index in [2.05, 4.69) is 39.9 Å². The van der Waals surface area contributed by atoms with Crippen LogP contribution in [0.25, 0.3) is 11.3 Å². The molecule has 0 saturated carbocycles. The maximum atomic E-state index is 5.02. The summed E-state index contributed by atoms with van der Waals surface area (Å²) in [6, 6.07) is 14.2. The molecule has 0 aliphatic heterocycles. The first-order chi connectivity index (χ1) is 8.79. The van der Waals surface area contributed by atoms with Gasteiger partial charge in [-0.15, -0.1) is 0 Å². The molecule has 0 unspecified atom stereocenters. The van der Waals surface area contributed by atoms with Crippen LogP contribution in [0.3, 0.4) is 0 Å². The van der Waals surface area contributed by atoms with Gasteiger partial charge in [-0.1, -0.05) is 30.3 Å². The van der Waals surface area contributed by atoms with E-state index >= 15 is 0 Å². The van der Waals surface area contributed by atoms with Gasteiger partial charge in [-0.05, 0) is 29.9 Å². The van der Waals surface area contributed by atoms with E-state index in [1.54, 1.807) is 13.2 Å². The summed E-state index contributed by atoms with van der Waals surface area (Å²) in [5.41, 5.74) is 3.30. The summed E-state index contributed by atoms with van der Waals surface area (Å²) in [4.78, 5) is 4.32. The molecule has 2 aromatic rings. The highest BCUT2D eigenvalue weighted by molar-refractivity contribution is 7.80. The van der Waals surface area contributed by atoms with Gasteiger partial charge in [-0.25, -0.2) is 0 Å². The normalized spacial score (nSPS) is 9.83. The van der Waals surface area contributed by atoms with Crippen LogP contribution in [0.4, 0.5) is 0 Å². The van der Waals surface area contributed by atoms with Crippen molar-refractivity contribution in [3.63, 3.8) is 0 Å². The average Bonchev–Trinajstić information content (AvgIpc) is 2.46. The van der Waals surface area contributed by atoms with Crippen molar-refractivity contribution < 1.29 is 0 Å². The molecular formula is C14H15N3S. The molecule has 0 fully saturated rings. The Morgan fingerprint density at radius 1 is 1.17 bits per heavy atom. The molecule has 0 amide bonds. The zero-order chi connectivity index (χ0) is 12.8. The molecule has 0 saturated heterocycles. The molecule has 0 aliphatic rings. The minimum atomic E-state index is 0.656. The number of pyridine rings is 1. The Balaban J connectivity index is 2.04. The third kappa shape index (κ3) is 3.28. The second-order valence-corrected chi connectivity index (χ2v) is 4.25. The molecule has 0 atom stereocenters. The second-order valence-electron chi connectivity index (χ2n) is 3.84. The first-order valence-corrected chi connectivity index (χ1v) is 6.16. The zero-order valence-corrected chi connectivity index (χ0v) is 11.0. The van der Waals surface area contributed by atoms with Crippen molar-refractivity contribution in [2.24, 2.45) is 0 Å². The molecule has 18 heavy (non-hydrogen) atoms. The lowest BCUT2D eigenvalue weighted by Gasteiger charge is -2.07. The average molecular weight is 257 g/mol. The van der Waals surface area contributed by atoms with E-state index in [1.165, 1.54) is 5.56 Å². The number of aromatic nitrogens is 1. The van der Waals surface area contributed by atoms with Crippen LogP contribution in [0, 0.1) is 0 Å². The van der Waals surface area contributed by atoms with E-state index in [0.29, 0.717) is 5.11 Å². The van der Waals surface area contributed by atoms with Gasteiger partial charge in [0.15, 0.2) is 5.11 Å². The van der Waals surface area contributed by atoms with Crippen molar-refractivity contribution in [2.45, 2.75) is 6.54 Å². The van der Waals surface area contributed by atoms with Crippen molar-refractivity contribution in [1.82, 2.24) is 15.6 Å². The molecule has 2 N–H and O–H groups in total. The molecule has 0 bridgehead atoms. The van der Waals surface area contributed by atoms with Crippen LogP contribution in [0.1, 0.15) is 5.56 Å². The van der Waals surface area contributed by atoms with Crippen LogP contribution in [0.5, 0.6) is 0 Å². The van der Waals surface area contributed by atoms with Crippen LogP contribution in [-0.2, 0) is 6.54 Å². The molecule has 1 aromatic heterocycles. The Labute approximate surface area is 112 Å². The molecule has 0 spiro atoms. The molecule has 2 rings (SSSR count). The summed E-state index contributed by atoms with van der Waals surface area (Å²) in [6.45, 7) is 0.724. The fourth-order valence-electron chi connectivity index (χ4n) is 1.60. The van der Waals surface area contributed by atoms with Crippen molar-refractivity contribution in [2.75, 3.05) is 7.05 Å². The number of hydrogen-bond acceptors (Lipinski definition) is 2. The van der Waals surface area contributed by atoms with Crippen LogP contribution in [0.2, 0.25) is 0 Å². The highest BCUT2D eigenvalue weighted by Crippen LogP contribution is 2.16. The quantitative estimate of drug-likeness (QED) is 0.828. The van der Waals surface area contributed by atoms with E-state index < -0.39 is 0 Å². The Morgan fingerprint density at radius 3 is 2.56 bits per heavy atom. The molecule has 0 aliphatic carbocycles. The minimum absolute atomic E-state index is 0.656. The lowest BCUT2D eigenvalue weighted by molar-refractivity contribution is 0.891. The molecular weight excluding hydrogens is 242 g/mol. The highest BCUT2D eigenvalue weighted by atomic mass is 32.1. The molecule has 1 aromatic carbocycles. The monoisotopic (exact) mass is 257 g/mol. The van der Waals surface area contributed by atoms with Gasteiger partial charge in [0.2, 0.25) is 0 Å². The van der Waals surface area contributed by atoms with Gasteiger partial charge in [0.25, 0.3) is 0 Å². The number of hydrogen-bond donors (Lipinski definition) is 2. The topological polar surface area (TPSA) is 37.0 Å². The molecule has 0 radical (unpaired) electrons. The number of benzene rings is 1. The Hall–Kier alpha value is -1.94. The largest absolute Gasteiger partial charge is 0.366 e. The van der Waals surface area contributed by atoms with Gasteiger partial charge in [0.05, 0.1) is 5.69 Å². The third-order valence-corrected chi connectivity index (χ3v) is 2.94. The predicted octanol–water partition coefficient (Wildman–Crippen LogP) is 2.34. The van der Waals surface area contributed by atoms with E-state index in [-0.39, 0.29) is 0 Å². The summed E-state index contributed by atoms with van der Waals surface area (Å²) in [5.74, 6) is 0. The van der Waals surface area contributed by atoms with Gasteiger partial charge < -0.3 is 10.6 Å². The van der Waals surface area contributed by atoms with Crippen molar-refractivity contribution in [3.8, 4) is 11.3 Å². The Bertz CT molecular complexity index is 508. The molecule has 1 heterocycles. The van der Waals surface area contributed by atoms with Crippen LogP contribution in [0.15, 0.2) is 48.7 Å². The van der Waals surface area contributed by atoms with Gasteiger partial charge in [0.1, 0.15) is 0 Å². The first kappa shape index (κ1) is 12.5. The maximum absolute atomic E-state index is 5.02. The van der Waals surface area contributed by atoms with Gasteiger partial charge in [-0.3, -0.25) is 4.98 Å². The SMILES string of the molecule is CNC(=S)NCc1ccc(-c2ccccn2)cc1. The number of rotatable bonds is 3. The summed E-state index contributed by atoms with van der Waals surface area (Å²) < 4.78 is 0. The molecule has 4 heteroatoms. The van der Waals surface area contributed by atoms with E-state index in [1.807, 2.05) is 18.2 Å². The first-order valence-electron chi connectivity index (χ1n) is 5.75. The summed E-state index contributed by atoms with van der Waals surface area (Å²) >= 11 is 5.02.